The Kier molecular flexibility index (Phi) is 5.22. The molecular formula is C15H29N3O. The molecule has 0 aromatic heterocycles. The van der Waals surface area contributed by atoms with Crippen LogP contribution in [0.2, 0.25) is 0 Å². The highest BCUT2D eigenvalue weighted by Gasteiger charge is 2.31. The molecule has 19 heavy (non-hydrogen) atoms. The highest BCUT2D eigenvalue weighted by atomic mass is 16.1. The molecule has 4 atom stereocenters. The molecule has 4 unspecified atom stereocenters. The van der Waals surface area contributed by atoms with Gasteiger partial charge in [-0.1, -0.05) is 6.92 Å². The highest BCUT2D eigenvalue weighted by Crippen LogP contribution is 2.29. The maximum atomic E-state index is 12.3. The van der Waals surface area contributed by atoms with Gasteiger partial charge in [0.25, 0.3) is 0 Å². The quantitative estimate of drug-likeness (QED) is 0.808. The van der Waals surface area contributed by atoms with E-state index >= 15 is 0 Å². The number of amides is 1. The van der Waals surface area contributed by atoms with E-state index in [1.54, 1.807) is 0 Å². The number of rotatable bonds is 3. The number of carbonyl (C=O) groups excluding carboxylic acids is 1. The fourth-order valence-electron chi connectivity index (χ4n) is 3.54. The largest absolute Gasteiger partial charge is 0.356 e. The molecule has 0 bridgehead atoms. The summed E-state index contributed by atoms with van der Waals surface area (Å²) in [6, 6.07) is 0.216. The fourth-order valence-corrected chi connectivity index (χ4v) is 3.54. The van der Waals surface area contributed by atoms with Gasteiger partial charge in [0.1, 0.15) is 0 Å². The molecule has 1 aliphatic heterocycles. The first kappa shape index (κ1) is 14.8. The number of nitrogens with one attached hydrogen (secondary N) is 1. The van der Waals surface area contributed by atoms with Crippen molar-refractivity contribution in [1.29, 1.82) is 0 Å². The standard InChI is InChI=1S/C15H29N3O/c1-11-5-6-13(16)8-14(11)15(19)17-9-12-4-3-7-18(2)10-12/h11-14H,3-10,16H2,1-2H3,(H,17,19). The average Bonchev–Trinajstić information content (AvgIpc) is 2.39. The molecule has 0 aromatic rings. The zero-order chi connectivity index (χ0) is 13.8. The monoisotopic (exact) mass is 267 g/mol. The maximum Gasteiger partial charge on any atom is 0.223 e. The SMILES string of the molecule is CC1CCC(N)CC1C(=O)NCC1CCCN(C)C1. The van der Waals surface area contributed by atoms with E-state index < -0.39 is 0 Å². The third-order valence-corrected chi connectivity index (χ3v) is 4.86. The van der Waals surface area contributed by atoms with E-state index in [0.717, 1.165) is 32.4 Å². The predicted octanol–water partition coefficient (Wildman–Crippen LogP) is 1.21. The summed E-state index contributed by atoms with van der Waals surface area (Å²) >= 11 is 0. The predicted molar refractivity (Wildman–Crippen MR) is 77.7 cm³/mol. The Hall–Kier alpha value is -0.610. The molecule has 2 rings (SSSR count). The van der Waals surface area contributed by atoms with Crippen molar-refractivity contribution in [1.82, 2.24) is 10.2 Å². The lowest BCUT2D eigenvalue weighted by Gasteiger charge is -2.33. The lowest BCUT2D eigenvalue weighted by atomic mass is 9.77. The molecule has 110 valence electrons. The maximum absolute atomic E-state index is 12.3. The van der Waals surface area contributed by atoms with Crippen molar-refractivity contribution >= 4 is 5.91 Å². The minimum absolute atomic E-state index is 0.130. The topological polar surface area (TPSA) is 58.4 Å². The van der Waals surface area contributed by atoms with E-state index in [4.69, 9.17) is 5.73 Å². The Balaban J connectivity index is 1.77. The van der Waals surface area contributed by atoms with Crippen molar-refractivity contribution in [2.45, 2.75) is 45.1 Å². The van der Waals surface area contributed by atoms with Gasteiger partial charge in [0, 0.05) is 25.0 Å². The van der Waals surface area contributed by atoms with E-state index in [-0.39, 0.29) is 17.9 Å². The molecule has 0 radical (unpaired) electrons. The Labute approximate surface area is 117 Å². The summed E-state index contributed by atoms with van der Waals surface area (Å²) in [5.41, 5.74) is 6.00. The number of carbonyl (C=O) groups is 1. The van der Waals surface area contributed by atoms with Gasteiger partial charge in [0.15, 0.2) is 0 Å². The van der Waals surface area contributed by atoms with Crippen LogP contribution in [0, 0.1) is 17.8 Å². The van der Waals surface area contributed by atoms with Crippen LogP contribution in [0.5, 0.6) is 0 Å². The van der Waals surface area contributed by atoms with Crippen molar-refractivity contribution in [2.75, 3.05) is 26.7 Å². The number of piperidine rings is 1. The Morgan fingerprint density at radius 2 is 2.16 bits per heavy atom. The van der Waals surface area contributed by atoms with Gasteiger partial charge >= 0.3 is 0 Å². The van der Waals surface area contributed by atoms with Crippen molar-refractivity contribution in [2.24, 2.45) is 23.5 Å². The van der Waals surface area contributed by atoms with E-state index in [1.165, 1.54) is 19.4 Å². The molecule has 1 heterocycles. The normalized spacial score (nSPS) is 37.0. The van der Waals surface area contributed by atoms with E-state index in [0.29, 0.717) is 11.8 Å². The number of nitrogens with two attached hydrogens (primary N) is 1. The van der Waals surface area contributed by atoms with Crippen molar-refractivity contribution in [3.05, 3.63) is 0 Å². The molecule has 2 fully saturated rings. The highest BCUT2D eigenvalue weighted by molar-refractivity contribution is 5.79. The second-order valence-electron chi connectivity index (χ2n) is 6.67. The van der Waals surface area contributed by atoms with Gasteiger partial charge in [0.2, 0.25) is 5.91 Å². The van der Waals surface area contributed by atoms with Crippen molar-refractivity contribution < 1.29 is 4.79 Å². The first-order valence-corrected chi connectivity index (χ1v) is 7.78. The molecule has 3 N–H and O–H groups in total. The molecule has 4 heteroatoms. The van der Waals surface area contributed by atoms with Gasteiger partial charge in [0.05, 0.1) is 0 Å². The van der Waals surface area contributed by atoms with E-state index in [1.807, 2.05) is 0 Å². The number of likely N-dealkylation sites (tertiary alicyclic amines) is 1. The molecular weight excluding hydrogens is 238 g/mol. The fraction of sp³-hybridized carbons (Fsp3) is 0.933. The Bertz CT molecular complexity index is 308. The van der Waals surface area contributed by atoms with Crippen LogP contribution >= 0.6 is 0 Å². The number of nitrogens with zero attached hydrogens (tertiary/aromatic N) is 1. The van der Waals surface area contributed by atoms with Crippen LogP contribution in [0.4, 0.5) is 0 Å². The summed E-state index contributed by atoms with van der Waals surface area (Å²) in [5, 5.41) is 3.17. The van der Waals surface area contributed by atoms with Gasteiger partial charge < -0.3 is 16.0 Å². The summed E-state index contributed by atoms with van der Waals surface area (Å²) in [6.45, 7) is 5.32. The molecule has 1 saturated carbocycles. The minimum atomic E-state index is 0.130. The van der Waals surface area contributed by atoms with Crippen LogP contribution in [0.25, 0.3) is 0 Å². The molecule has 1 aliphatic carbocycles. The van der Waals surface area contributed by atoms with Crippen LogP contribution in [0.3, 0.4) is 0 Å². The molecule has 0 aromatic carbocycles. The third kappa shape index (κ3) is 4.18. The van der Waals surface area contributed by atoms with Gasteiger partial charge in [-0.2, -0.15) is 0 Å². The lowest BCUT2D eigenvalue weighted by Crippen LogP contribution is -2.44. The van der Waals surface area contributed by atoms with Crippen LogP contribution in [-0.4, -0.2) is 43.5 Å². The average molecular weight is 267 g/mol. The second-order valence-corrected chi connectivity index (χ2v) is 6.67. The second kappa shape index (κ2) is 6.71. The minimum Gasteiger partial charge on any atom is -0.356 e. The zero-order valence-corrected chi connectivity index (χ0v) is 12.4. The van der Waals surface area contributed by atoms with E-state index in [9.17, 15) is 4.79 Å². The van der Waals surface area contributed by atoms with Gasteiger partial charge in [-0.25, -0.2) is 0 Å². The van der Waals surface area contributed by atoms with Gasteiger partial charge in [-0.15, -0.1) is 0 Å². The van der Waals surface area contributed by atoms with Crippen LogP contribution in [-0.2, 0) is 4.79 Å². The summed E-state index contributed by atoms with van der Waals surface area (Å²) in [5.74, 6) is 1.46. The van der Waals surface area contributed by atoms with Crippen LogP contribution in [0.1, 0.15) is 39.0 Å². The van der Waals surface area contributed by atoms with Crippen LogP contribution < -0.4 is 11.1 Å². The molecule has 4 nitrogen and oxygen atoms in total. The first-order chi connectivity index (χ1) is 9.06. The van der Waals surface area contributed by atoms with Gasteiger partial charge in [-0.05, 0) is 57.5 Å². The molecule has 0 spiro atoms. The van der Waals surface area contributed by atoms with E-state index in [2.05, 4.69) is 24.2 Å². The smallest absolute Gasteiger partial charge is 0.223 e. The molecule has 2 aliphatic rings. The zero-order valence-electron chi connectivity index (χ0n) is 12.4. The lowest BCUT2D eigenvalue weighted by molar-refractivity contribution is -0.128. The number of hydrogen-bond donors (Lipinski definition) is 2. The van der Waals surface area contributed by atoms with Crippen LogP contribution in [0.15, 0.2) is 0 Å². The Morgan fingerprint density at radius 3 is 2.89 bits per heavy atom. The Morgan fingerprint density at radius 1 is 1.37 bits per heavy atom. The number of hydrogen-bond acceptors (Lipinski definition) is 3. The first-order valence-electron chi connectivity index (χ1n) is 7.78. The van der Waals surface area contributed by atoms with Gasteiger partial charge in [-0.3, -0.25) is 4.79 Å². The summed E-state index contributed by atoms with van der Waals surface area (Å²) in [6.07, 6.45) is 5.51. The molecule has 1 amide bonds. The third-order valence-electron chi connectivity index (χ3n) is 4.86. The van der Waals surface area contributed by atoms with Crippen molar-refractivity contribution in [3.63, 3.8) is 0 Å². The summed E-state index contributed by atoms with van der Waals surface area (Å²) in [4.78, 5) is 14.7. The summed E-state index contributed by atoms with van der Waals surface area (Å²) in [7, 11) is 2.16. The molecule has 1 saturated heterocycles. The summed E-state index contributed by atoms with van der Waals surface area (Å²) < 4.78 is 0. The van der Waals surface area contributed by atoms with Crippen molar-refractivity contribution in [3.8, 4) is 0 Å².